The van der Waals surface area contributed by atoms with Gasteiger partial charge in [-0.05, 0) is 121 Å². The molecular formula is C35H35N3O2. The molecule has 5 aliphatic rings. The van der Waals surface area contributed by atoms with Gasteiger partial charge in [0.25, 0.3) is 0 Å². The summed E-state index contributed by atoms with van der Waals surface area (Å²) in [4.78, 5) is 23.8. The third-order valence-corrected chi connectivity index (χ3v) is 10.2. The Morgan fingerprint density at radius 2 is 1.62 bits per heavy atom. The Morgan fingerprint density at radius 3 is 2.40 bits per heavy atom. The lowest BCUT2D eigenvalue weighted by Gasteiger charge is -2.57. The van der Waals surface area contributed by atoms with Crippen molar-refractivity contribution in [2.45, 2.75) is 64.2 Å². The van der Waals surface area contributed by atoms with E-state index < -0.39 is 0 Å². The van der Waals surface area contributed by atoms with Crippen LogP contribution in [-0.4, -0.2) is 21.0 Å². The zero-order valence-electron chi connectivity index (χ0n) is 22.8. The van der Waals surface area contributed by atoms with Gasteiger partial charge in [-0.1, -0.05) is 42.5 Å². The Kier molecular flexibility index (Phi) is 5.51. The average Bonchev–Trinajstić information content (AvgIpc) is 2.92. The van der Waals surface area contributed by atoms with Gasteiger partial charge in [0, 0.05) is 5.56 Å². The van der Waals surface area contributed by atoms with Crippen molar-refractivity contribution >= 4 is 22.5 Å². The Bertz CT molecular complexity index is 1620. The van der Waals surface area contributed by atoms with Gasteiger partial charge in [0.15, 0.2) is 5.82 Å². The minimum atomic E-state index is -0.0441. The quantitative estimate of drug-likeness (QED) is 0.291. The number of aryl methyl sites for hydroxylation is 2. The second-order valence-corrected chi connectivity index (χ2v) is 13.2. The van der Waals surface area contributed by atoms with E-state index in [0.717, 1.165) is 76.2 Å². The van der Waals surface area contributed by atoms with Crippen molar-refractivity contribution in [1.82, 2.24) is 9.97 Å². The van der Waals surface area contributed by atoms with Gasteiger partial charge in [-0.3, -0.25) is 4.79 Å². The number of hydrogen-bond acceptors (Lipinski definition) is 4. The molecule has 4 fully saturated rings. The van der Waals surface area contributed by atoms with Crippen LogP contribution in [0.4, 0.5) is 5.82 Å². The van der Waals surface area contributed by atoms with Crippen LogP contribution < -0.4 is 5.32 Å². The van der Waals surface area contributed by atoms with Gasteiger partial charge in [0.2, 0.25) is 5.91 Å². The zero-order chi connectivity index (χ0) is 26.8. The lowest BCUT2D eigenvalue weighted by molar-refractivity contribution is -0.115. The number of amides is 1. The number of aromatic nitrogens is 2. The molecule has 2 N–H and O–H groups in total. The van der Waals surface area contributed by atoms with E-state index in [2.05, 4.69) is 29.6 Å². The van der Waals surface area contributed by atoms with Gasteiger partial charge >= 0.3 is 0 Å². The van der Waals surface area contributed by atoms with Crippen LogP contribution in [0.15, 0.2) is 60.7 Å². The molecule has 5 heteroatoms. The molecule has 1 heterocycles. The average molecular weight is 530 g/mol. The number of anilines is 1. The van der Waals surface area contributed by atoms with Crippen molar-refractivity contribution in [3.05, 3.63) is 83.2 Å². The number of fused-ring (bicyclic) bond motifs is 4. The standard InChI is InChI=1S/C35H35N3O2/c39-28-8-9-29-27(16-28)7-10-30-33(29)36-31(20-35-17-22-11-23(18-35)13-24(12-22)19-35)34(37-30)38-32(40)15-21-5-6-25-3-1-2-4-26(25)14-21/h1-6,8-9,14,16,22-24,39H,7,10-13,15,17-20H2,(H,37,38,40). The number of aromatic hydroxyl groups is 1. The third kappa shape index (κ3) is 4.27. The number of phenols is 1. The first-order valence-corrected chi connectivity index (χ1v) is 15.0. The van der Waals surface area contributed by atoms with Gasteiger partial charge < -0.3 is 10.4 Å². The number of hydrogen-bond donors (Lipinski definition) is 2. The van der Waals surface area contributed by atoms with Crippen LogP contribution >= 0.6 is 0 Å². The first-order chi connectivity index (χ1) is 19.5. The number of nitrogens with one attached hydrogen (secondary N) is 1. The van der Waals surface area contributed by atoms with E-state index in [1.54, 1.807) is 6.07 Å². The van der Waals surface area contributed by atoms with Crippen molar-refractivity contribution in [3.8, 4) is 17.0 Å². The van der Waals surface area contributed by atoms with Crippen LogP contribution in [0.2, 0.25) is 0 Å². The second-order valence-electron chi connectivity index (χ2n) is 13.2. The summed E-state index contributed by atoms with van der Waals surface area (Å²) in [7, 11) is 0. The zero-order valence-corrected chi connectivity index (χ0v) is 22.8. The van der Waals surface area contributed by atoms with Crippen molar-refractivity contribution in [2.24, 2.45) is 23.2 Å². The highest BCUT2D eigenvalue weighted by molar-refractivity contribution is 5.93. The van der Waals surface area contributed by atoms with Crippen LogP contribution in [0.3, 0.4) is 0 Å². The number of benzene rings is 3. The molecule has 0 atom stereocenters. The van der Waals surface area contributed by atoms with Crippen LogP contribution in [0.5, 0.6) is 5.75 Å². The van der Waals surface area contributed by atoms with Gasteiger partial charge in [-0.2, -0.15) is 0 Å². The molecule has 1 aromatic heterocycles. The number of rotatable bonds is 5. The fraction of sp³-hybridized carbons (Fsp3) is 0.400. The van der Waals surface area contributed by atoms with Crippen LogP contribution in [0, 0.1) is 23.2 Å². The molecule has 3 aromatic carbocycles. The van der Waals surface area contributed by atoms with E-state index in [9.17, 15) is 9.90 Å². The highest BCUT2D eigenvalue weighted by atomic mass is 16.3. The summed E-state index contributed by atoms with van der Waals surface area (Å²) < 4.78 is 0. The maximum atomic E-state index is 13.4. The van der Waals surface area contributed by atoms with Gasteiger partial charge in [-0.15, -0.1) is 0 Å². The Morgan fingerprint density at radius 1 is 0.875 bits per heavy atom. The Labute approximate surface area is 235 Å². The minimum absolute atomic E-state index is 0.0441. The molecule has 5 aliphatic carbocycles. The van der Waals surface area contributed by atoms with Crippen LogP contribution in [0.1, 0.15) is 61.0 Å². The van der Waals surface area contributed by atoms with Crippen molar-refractivity contribution < 1.29 is 9.90 Å². The van der Waals surface area contributed by atoms with Gasteiger partial charge in [0.1, 0.15) is 5.75 Å². The number of phenolic OH excluding ortho intramolecular Hbond substituents is 1. The molecule has 0 saturated heterocycles. The molecule has 40 heavy (non-hydrogen) atoms. The molecule has 4 bridgehead atoms. The smallest absolute Gasteiger partial charge is 0.229 e. The maximum absolute atomic E-state index is 13.4. The van der Waals surface area contributed by atoms with Crippen LogP contribution in [0.25, 0.3) is 22.0 Å². The summed E-state index contributed by atoms with van der Waals surface area (Å²) >= 11 is 0. The normalized spacial score (nSPS) is 25.9. The van der Waals surface area contributed by atoms with Crippen molar-refractivity contribution in [3.63, 3.8) is 0 Å². The van der Waals surface area contributed by atoms with E-state index in [0.29, 0.717) is 18.0 Å². The largest absolute Gasteiger partial charge is 0.508 e. The molecule has 0 spiro atoms. The summed E-state index contributed by atoms with van der Waals surface area (Å²) in [6.07, 6.45) is 10.8. The first-order valence-electron chi connectivity index (χ1n) is 15.0. The molecule has 5 nitrogen and oxygen atoms in total. The Balaban J connectivity index is 1.14. The number of carbonyl (C=O) groups excluding carboxylic acids is 1. The summed E-state index contributed by atoms with van der Waals surface area (Å²) in [5, 5.41) is 15.6. The predicted octanol–water partition coefficient (Wildman–Crippen LogP) is 7.04. The predicted molar refractivity (Wildman–Crippen MR) is 157 cm³/mol. The molecule has 4 saturated carbocycles. The Hall–Kier alpha value is -3.73. The topological polar surface area (TPSA) is 75.1 Å². The van der Waals surface area contributed by atoms with E-state index >= 15 is 0 Å². The highest BCUT2D eigenvalue weighted by Crippen LogP contribution is 2.61. The van der Waals surface area contributed by atoms with Gasteiger partial charge in [0.05, 0.1) is 23.5 Å². The monoisotopic (exact) mass is 529 g/mol. The fourth-order valence-corrected chi connectivity index (χ4v) is 8.96. The molecule has 202 valence electrons. The molecule has 9 rings (SSSR count). The third-order valence-electron chi connectivity index (χ3n) is 10.2. The lowest BCUT2D eigenvalue weighted by atomic mass is 9.48. The van der Waals surface area contributed by atoms with E-state index in [-0.39, 0.29) is 11.3 Å². The second kappa shape index (κ2) is 9.15. The van der Waals surface area contributed by atoms with E-state index in [4.69, 9.17) is 9.97 Å². The molecule has 0 aliphatic heterocycles. The number of carbonyl (C=O) groups is 1. The summed E-state index contributed by atoms with van der Waals surface area (Å²) in [6, 6.07) is 20.1. The van der Waals surface area contributed by atoms with Crippen molar-refractivity contribution in [2.75, 3.05) is 5.32 Å². The summed E-state index contributed by atoms with van der Waals surface area (Å²) in [5.41, 5.74) is 6.26. The molecule has 0 radical (unpaired) electrons. The SMILES string of the molecule is O=C(Cc1ccc2ccccc2c1)Nc1nc2c(nc1CC13CC4CC(CC(C4)C1)C3)-c1ccc(O)cc1CC2. The number of nitrogens with zero attached hydrogens (tertiary/aromatic N) is 2. The lowest BCUT2D eigenvalue weighted by Crippen LogP contribution is -2.47. The molecular weight excluding hydrogens is 494 g/mol. The first kappa shape index (κ1) is 24.1. The fourth-order valence-electron chi connectivity index (χ4n) is 8.96. The molecule has 4 aromatic rings. The van der Waals surface area contributed by atoms with Crippen molar-refractivity contribution in [1.29, 1.82) is 0 Å². The van der Waals surface area contributed by atoms with Gasteiger partial charge in [-0.25, -0.2) is 9.97 Å². The summed E-state index contributed by atoms with van der Waals surface area (Å²) in [5.74, 6) is 3.46. The maximum Gasteiger partial charge on any atom is 0.229 e. The van der Waals surface area contributed by atoms with Crippen LogP contribution in [-0.2, 0) is 30.5 Å². The molecule has 0 unspecified atom stereocenters. The van der Waals surface area contributed by atoms with E-state index in [1.807, 2.05) is 30.3 Å². The van der Waals surface area contributed by atoms with E-state index in [1.165, 1.54) is 43.9 Å². The summed E-state index contributed by atoms with van der Waals surface area (Å²) in [6.45, 7) is 0. The minimum Gasteiger partial charge on any atom is -0.508 e. The molecule has 1 amide bonds. The highest BCUT2D eigenvalue weighted by Gasteiger charge is 2.51.